The van der Waals surface area contributed by atoms with Gasteiger partial charge in [0.25, 0.3) is 0 Å². The summed E-state index contributed by atoms with van der Waals surface area (Å²) in [4.78, 5) is 11.9. The Hall–Kier alpha value is -3.02. The predicted molar refractivity (Wildman–Crippen MR) is 81.9 cm³/mol. The molecular formula is C17H14N2O4. The van der Waals surface area contributed by atoms with Crippen LogP contribution in [0.15, 0.2) is 53.6 Å². The van der Waals surface area contributed by atoms with E-state index in [1.807, 2.05) is 42.5 Å². The number of benzene rings is 2. The van der Waals surface area contributed by atoms with Crippen molar-refractivity contribution >= 4 is 11.8 Å². The molecule has 0 saturated heterocycles. The molecule has 0 radical (unpaired) electrons. The number of hydrazone groups is 1. The lowest BCUT2D eigenvalue weighted by molar-refractivity contribution is -0.135. The van der Waals surface area contributed by atoms with Crippen LogP contribution in [0, 0.1) is 0 Å². The molecule has 0 aliphatic carbocycles. The van der Waals surface area contributed by atoms with Gasteiger partial charge in [-0.15, -0.1) is 5.10 Å². The lowest BCUT2D eigenvalue weighted by Gasteiger charge is -2.19. The molecule has 2 aromatic carbocycles. The topological polar surface area (TPSA) is 60.4 Å². The molecule has 0 fully saturated rings. The Morgan fingerprint density at radius 3 is 2.70 bits per heavy atom. The number of carbonyl (C=O) groups is 1. The summed E-state index contributed by atoms with van der Waals surface area (Å²) < 4.78 is 16.6. The maximum atomic E-state index is 11.9. The predicted octanol–water partition coefficient (Wildman–Crippen LogP) is 2.65. The number of hydrogen-bond donors (Lipinski definition) is 0. The molecule has 1 unspecified atom stereocenters. The summed E-state index contributed by atoms with van der Waals surface area (Å²) in [5.74, 6) is 1.55. The SMILES string of the molecule is CC(=O)N1N=C(c2ccccc2)OC1c1ccc2c(c1)OCO2. The van der Waals surface area contributed by atoms with Crippen molar-refractivity contribution in [2.24, 2.45) is 5.10 Å². The number of ether oxygens (including phenoxy) is 3. The summed E-state index contributed by atoms with van der Waals surface area (Å²) in [5.41, 5.74) is 1.60. The number of amides is 1. The van der Waals surface area contributed by atoms with Gasteiger partial charge < -0.3 is 14.2 Å². The smallest absolute Gasteiger partial charge is 0.243 e. The summed E-state index contributed by atoms with van der Waals surface area (Å²) >= 11 is 0. The third-order valence-electron chi connectivity index (χ3n) is 3.67. The molecular weight excluding hydrogens is 296 g/mol. The Bertz CT molecular complexity index is 788. The van der Waals surface area contributed by atoms with Gasteiger partial charge in [-0.1, -0.05) is 18.2 Å². The van der Waals surface area contributed by atoms with Gasteiger partial charge in [0, 0.05) is 18.1 Å². The Morgan fingerprint density at radius 1 is 1.13 bits per heavy atom. The van der Waals surface area contributed by atoms with Gasteiger partial charge in [-0.25, -0.2) is 0 Å². The molecule has 2 aliphatic heterocycles. The van der Waals surface area contributed by atoms with Crippen LogP contribution in [-0.2, 0) is 9.53 Å². The summed E-state index contributed by atoms with van der Waals surface area (Å²) in [5, 5.41) is 5.65. The summed E-state index contributed by atoms with van der Waals surface area (Å²) in [7, 11) is 0. The van der Waals surface area contributed by atoms with Crippen LogP contribution in [0.5, 0.6) is 11.5 Å². The van der Waals surface area contributed by atoms with Crippen LogP contribution in [0.4, 0.5) is 0 Å². The van der Waals surface area contributed by atoms with Crippen molar-refractivity contribution in [3.05, 3.63) is 59.7 Å². The summed E-state index contributed by atoms with van der Waals surface area (Å²) in [6.07, 6.45) is -0.614. The minimum Gasteiger partial charge on any atom is -0.454 e. The average molecular weight is 310 g/mol. The molecule has 0 aromatic heterocycles. The van der Waals surface area contributed by atoms with Crippen molar-refractivity contribution in [3.8, 4) is 11.5 Å². The average Bonchev–Trinajstić information content (AvgIpc) is 3.22. The number of fused-ring (bicyclic) bond motifs is 1. The van der Waals surface area contributed by atoms with Gasteiger partial charge in [0.2, 0.25) is 24.8 Å². The second-order valence-corrected chi connectivity index (χ2v) is 5.22. The van der Waals surface area contributed by atoms with E-state index in [9.17, 15) is 4.79 Å². The van der Waals surface area contributed by atoms with E-state index in [-0.39, 0.29) is 12.7 Å². The fraction of sp³-hybridized carbons (Fsp3) is 0.176. The van der Waals surface area contributed by atoms with Crippen molar-refractivity contribution in [3.63, 3.8) is 0 Å². The van der Waals surface area contributed by atoms with Gasteiger partial charge in [-0.3, -0.25) is 4.79 Å². The zero-order chi connectivity index (χ0) is 15.8. The van der Waals surface area contributed by atoms with Gasteiger partial charge in [0.15, 0.2) is 11.5 Å². The highest BCUT2D eigenvalue weighted by Crippen LogP contribution is 2.37. The third kappa shape index (κ3) is 2.38. The van der Waals surface area contributed by atoms with Crippen molar-refractivity contribution in [1.29, 1.82) is 0 Å². The van der Waals surface area contributed by atoms with Crippen LogP contribution in [-0.4, -0.2) is 23.6 Å². The maximum absolute atomic E-state index is 11.9. The Balaban J connectivity index is 1.68. The molecule has 1 amide bonds. The molecule has 6 nitrogen and oxygen atoms in total. The highest BCUT2D eigenvalue weighted by atomic mass is 16.7. The Kier molecular flexibility index (Phi) is 3.15. The van der Waals surface area contributed by atoms with Crippen molar-refractivity contribution in [1.82, 2.24) is 5.01 Å². The van der Waals surface area contributed by atoms with Gasteiger partial charge in [-0.2, -0.15) is 5.01 Å². The van der Waals surface area contributed by atoms with E-state index in [1.165, 1.54) is 11.9 Å². The van der Waals surface area contributed by atoms with Crippen LogP contribution in [0.2, 0.25) is 0 Å². The molecule has 2 aliphatic rings. The first kappa shape index (κ1) is 13.6. The van der Waals surface area contributed by atoms with E-state index in [4.69, 9.17) is 14.2 Å². The van der Waals surface area contributed by atoms with E-state index >= 15 is 0 Å². The van der Waals surface area contributed by atoms with Crippen LogP contribution in [0.3, 0.4) is 0 Å². The van der Waals surface area contributed by atoms with Gasteiger partial charge in [0.05, 0.1) is 0 Å². The molecule has 23 heavy (non-hydrogen) atoms. The van der Waals surface area contributed by atoms with Crippen molar-refractivity contribution < 1.29 is 19.0 Å². The molecule has 0 saturated carbocycles. The Labute approximate surface area is 132 Å². The van der Waals surface area contributed by atoms with E-state index in [1.54, 1.807) is 6.07 Å². The van der Waals surface area contributed by atoms with Gasteiger partial charge in [-0.05, 0) is 30.3 Å². The lowest BCUT2D eigenvalue weighted by Crippen LogP contribution is -2.25. The minimum absolute atomic E-state index is 0.196. The normalized spacial score (nSPS) is 18.6. The number of hydrogen-bond acceptors (Lipinski definition) is 5. The molecule has 116 valence electrons. The molecule has 2 heterocycles. The van der Waals surface area contributed by atoms with Crippen LogP contribution in [0.1, 0.15) is 24.3 Å². The maximum Gasteiger partial charge on any atom is 0.243 e. The number of carbonyl (C=O) groups excluding carboxylic acids is 1. The van der Waals surface area contributed by atoms with Crippen molar-refractivity contribution in [2.75, 3.05) is 6.79 Å². The number of rotatable bonds is 2. The minimum atomic E-state index is -0.614. The second kappa shape index (κ2) is 5.31. The first-order valence-corrected chi connectivity index (χ1v) is 7.22. The first-order valence-electron chi connectivity index (χ1n) is 7.22. The largest absolute Gasteiger partial charge is 0.454 e. The van der Waals surface area contributed by atoms with E-state index in [2.05, 4.69) is 5.10 Å². The van der Waals surface area contributed by atoms with Crippen LogP contribution in [0.25, 0.3) is 0 Å². The first-order chi connectivity index (χ1) is 11.2. The van der Waals surface area contributed by atoms with E-state index in [0.29, 0.717) is 17.4 Å². The molecule has 0 spiro atoms. The molecule has 6 heteroatoms. The zero-order valence-corrected chi connectivity index (χ0v) is 12.4. The van der Waals surface area contributed by atoms with E-state index in [0.717, 1.165) is 11.1 Å². The monoisotopic (exact) mass is 310 g/mol. The highest BCUT2D eigenvalue weighted by Gasteiger charge is 2.34. The molecule has 1 atom stereocenters. The standard InChI is InChI=1S/C17H14N2O4/c1-11(20)19-17(13-7-8-14-15(9-13)22-10-21-14)23-16(18-19)12-5-3-2-4-6-12/h2-9,17H,10H2,1H3. The van der Waals surface area contributed by atoms with Gasteiger partial charge >= 0.3 is 0 Å². The van der Waals surface area contributed by atoms with Crippen molar-refractivity contribution in [2.45, 2.75) is 13.2 Å². The second-order valence-electron chi connectivity index (χ2n) is 5.22. The molecule has 0 bridgehead atoms. The number of nitrogens with zero attached hydrogens (tertiary/aromatic N) is 2. The Morgan fingerprint density at radius 2 is 1.91 bits per heavy atom. The van der Waals surface area contributed by atoms with Crippen LogP contribution < -0.4 is 9.47 Å². The third-order valence-corrected chi connectivity index (χ3v) is 3.67. The molecule has 4 rings (SSSR count). The highest BCUT2D eigenvalue weighted by molar-refractivity contribution is 5.96. The molecule has 0 N–H and O–H groups in total. The lowest BCUT2D eigenvalue weighted by atomic mass is 10.1. The fourth-order valence-electron chi connectivity index (χ4n) is 2.55. The molecule has 2 aromatic rings. The quantitative estimate of drug-likeness (QED) is 0.855. The fourth-order valence-corrected chi connectivity index (χ4v) is 2.55. The zero-order valence-electron chi connectivity index (χ0n) is 12.4. The van der Waals surface area contributed by atoms with E-state index < -0.39 is 6.23 Å². The summed E-state index contributed by atoms with van der Waals surface area (Å²) in [6.45, 7) is 1.66. The van der Waals surface area contributed by atoms with Gasteiger partial charge in [0.1, 0.15) is 0 Å². The van der Waals surface area contributed by atoms with Crippen LogP contribution >= 0.6 is 0 Å². The summed E-state index contributed by atoms with van der Waals surface area (Å²) in [6, 6.07) is 14.9.